The largest absolute Gasteiger partial charge is 0.467 e. The van der Waals surface area contributed by atoms with Gasteiger partial charge in [0, 0.05) is 7.05 Å². The minimum Gasteiger partial charge on any atom is -0.467 e. The van der Waals surface area contributed by atoms with Crippen LogP contribution in [0.2, 0.25) is 5.28 Å². The van der Waals surface area contributed by atoms with Crippen molar-refractivity contribution in [2.45, 2.75) is 32.4 Å². The van der Waals surface area contributed by atoms with Crippen LogP contribution < -0.4 is 4.90 Å². The predicted octanol–water partition coefficient (Wildman–Crippen LogP) is 1.10. The molecule has 0 amide bonds. The van der Waals surface area contributed by atoms with Gasteiger partial charge < -0.3 is 14.7 Å². The maximum atomic E-state index is 12.0. The van der Waals surface area contributed by atoms with Gasteiger partial charge in [0.15, 0.2) is 6.04 Å². The first-order valence-corrected chi connectivity index (χ1v) is 6.60. The standard InChI is InChI=1S/C12H17ClN4O5/c1-6-7(17(20)21)9(15-11(13)14-6)16(4)8(10(18)22-5)12(2,3)19/h8,19H,1-5H3/t8-/m1/s1. The van der Waals surface area contributed by atoms with Gasteiger partial charge in [0.1, 0.15) is 5.69 Å². The molecule has 22 heavy (non-hydrogen) atoms. The van der Waals surface area contributed by atoms with Gasteiger partial charge in [-0.2, -0.15) is 4.98 Å². The zero-order valence-corrected chi connectivity index (χ0v) is 13.6. The number of nitrogens with zero attached hydrogens (tertiary/aromatic N) is 4. The Kier molecular flexibility index (Phi) is 5.26. The predicted molar refractivity (Wildman–Crippen MR) is 78.9 cm³/mol. The summed E-state index contributed by atoms with van der Waals surface area (Å²) in [5.41, 5.74) is -1.89. The highest BCUT2D eigenvalue weighted by molar-refractivity contribution is 6.28. The Morgan fingerprint density at radius 1 is 1.50 bits per heavy atom. The van der Waals surface area contributed by atoms with Crippen molar-refractivity contribution in [3.63, 3.8) is 0 Å². The topological polar surface area (TPSA) is 119 Å². The monoisotopic (exact) mass is 332 g/mol. The Bertz CT molecular complexity index is 602. The smallest absolute Gasteiger partial charge is 0.332 e. The fraction of sp³-hybridized carbons (Fsp3) is 0.583. The Hall–Kier alpha value is -2.00. The lowest BCUT2D eigenvalue weighted by Crippen LogP contribution is -2.54. The van der Waals surface area contributed by atoms with Gasteiger partial charge in [0.05, 0.1) is 17.6 Å². The molecule has 0 saturated heterocycles. The third-order valence-corrected chi connectivity index (χ3v) is 3.18. The lowest BCUT2D eigenvalue weighted by atomic mass is 9.97. The number of hydrogen-bond donors (Lipinski definition) is 1. The van der Waals surface area contributed by atoms with Crippen LogP contribution in [0.5, 0.6) is 0 Å². The maximum Gasteiger partial charge on any atom is 0.332 e. The van der Waals surface area contributed by atoms with E-state index < -0.39 is 28.2 Å². The minimum atomic E-state index is -1.54. The van der Waals surface area contributed by atoms with Crippen LogP contribution in [0.3, 0.4) is 0 Å². The molecule has 1 N–H and O–H groups in total. The molecular formula is C12H17ClN4O5. The highest BCUT2D eigenvalue weighted by Gasteiger charge is 2.41. The highest BCUT2D eigenvalue weighted by Crippen LogP contribution is 2.32. The van der Waals surface area contributed by atoms with Crippen molar-refractivity contribution < 1.29 is 19.6 Å². The van der Waals surface area contributed by atoms with E-state index in [4.69, 9.17) is 11.6 Å². The molecule has 0 radical (unpaired) electrons. The number of aliphatic hydroxyl groups is 1. The zero-order chi connectivity index (χ0) is 17.2. The molecule has 1 rings (SSSR count). The van der Waals surface area contributed by atoms with Gasteiger partial charge in [0.2, 0.25) is 11.1 Å². The SMILES string of the molecule is COC(=O)[C@@H](N(C)c1nc(Cl)nc(C)c1[N+](=O)[O-])C(C)(C)O. The second-order valence-electron chi connectivity index (χ2n) is 5.20. The lowest BCUT2D eigenvalue weighted by Gasteiger charge is -2.34. The van der Waals surface area contributed by atoms with E-state index in [1.54, 1.807) is 0 Å². The van der Waals surface area contributed by atoms with Crippen LogP contribution in [0.1, 0.15) is 19.5 Å². The van der Waals surface area contributed by atoms with Gasteiger partial charge in [-0.15, -0.1) is 0 Å². The van der Waals surface area contributed by atoms with Crippen molar-refractivity contribution >= 4 is 29.1 Å². The number of hydrogen-bond acceptors (Lipinski definition) is 8. The number of halogens is 1. The molecule has 0 aliphatic carbocycles. The molecule has 1 atom stereocenters. The van der Waals surface area contributed by atoms with Crippen molar-refractivity contribution in [3.8, 4) is 0 Å². The summed E-state index contributed by atoms with van der Waals surface area (Å²) in [6.45, 7) is 4.17. The van der Waals surface area contributed by atoms with Crippen molar-refractivity contribution in [2.24, 2.45) is 0 Å². The Morgan fingerprint density at radius 2 is 2.05 bits per heavy atom. The van der Waals surface area contributed by atoms with E-state index in [1.807, 2.05) is 0 Å². The number of carbonyl (C=O) groups excluding carboxylic acids is 1. The van der Waals surface area contributed by atoms with Crippen molar-refractivity contribution in [2.75, 3.05) is 19.1 Å². The molecule has 10 heteroatoms. The molecule has 0 saturated carbocycles. The summed E-state index contributed by atoms with van der Waals surface area (Å²) in [5.74, 6) is -0.947. The average molecular weight is 333 g/mol. The van der Waals surface area contributed by atoms with E-state index >= 15 is 0 Å². The number of methoxy groups -OCH3 is 1. The summed E-state index contributed by atoms with van der Waals surface area (Å²) < 4.78 is 4.66. The molecule has 1 aromatic heterocycles. The number of rotatable bonds is 5. The molecule has 1 heterocycles. The van der Waals surface area contributed by atoms with Crippen LogP contribution in [0, 0.1) is 17.0 Å². The first-order valence-electron chi connectivity index (χ1n) is 6.22. The number of ether oxygens (including phenoxy) is 1. The second-order valence-corrected chi connectivity index (χ2v) is 5.54. The molecule has 0 aliphatic rings. The van der Waals surface area contributed by atoms with Crippen molar-refractivity contribution in [1.82, 2.24) is 9.97 Å². The number of aryl methyl sites for hydroxylation is 1. The summed E-state index contributed by atoms with van der Waals surface area (Å²) >= 11 is 5.75. The van der Waals surface area contributed by atoms with E-state index in [0.29, 0.717) is 0 Å². The number of esters is 1. The van der Waals surface area contributed by atoms with Crippen LogP contribution in [-0.2, 0) is 9.53 Å². The quantitative estimate of drug-likeness (QED) is 0.368. The van der Waals surface area contributed by atoms with Crippen molar-refractivity contribution in [3.05, 3.63) is 21.1 Å². The fourth-order valence-corrected chi connectivity index (χ4v) is 2.34. The summed E-state index contributed by atoms with van der Waals surface area (Å²) in [7, 11) is 2.53. The van der Waals surface area contributed by atoms with Gasteiger partial charge in [-0.25, -0.2) is 9.78 Å². The highest BCUT2D eigenvalue weighted by atomic mass is 35.5. The van der Waals surface area contributed by atoms with Gasteiger partial charge in [-0.05, 0) is 32.4 Å². The van der Waals surface area contributed by atoms with Crippen LogP contribution in [0.25, 0.3) is 0 Å². The normalized spacial score (nSPS) is 12.7. The Balaban J connectivity index is 3.51. The molecule has 0 fully saturated rings. The fourth-order valence-electron chi connectivity index (χ4n) is 2.13. The van der Waals surface area contributed by atoms with Crippen LogP contribution >= 0.6 is 11.6 Å². The van der Waals surface area contributed by atoms with Gasteiger partial charge >= 0.3 is 11.7 Å². The number of nitro groups is 1. The number of aromatic nitrogens is 2. The first kappa shape index (κ1) is 18.1. The van der Waals surface area contributed by atoms with E-state index in [1.165, 1.54) is 27.8 Å². The third kappa shape index (κ3) is 3.60. The summed E-state index contributed by atoms with van der Waals surface area (Å²) in [4.78, 5) is 31.2. The third-order valence-electron chi connectivity index (χ3n) is 3.01. The molecule has 0 aromatic carbocycles. The Morgan fingerprint density at radius 3 is 2.45 bits per heavy atom. The number of anilines is 1. The molecule has 0 bridgehead atoms. The summed E-state index contributed by atoms with van der Waals surface area (Å²) in [6, 6.07) is -1.22. The van der Waals surface area contributed by atoms with E-state index in [0.717, 1.165) is 12.0 Å². The number of carbonyl (C=O) groups is 1. The van der Waals surface area contributed by atoms with E-state index in [9.17, 15) is 20.0 Å². The molecular weight excluding hydrogens is 316 g/mol. The molecule has 0 unspecified atom stereocenters. The summed E-state index contributed by atoms with van der Waals surface area (Å²) in [5, 5.41) is 21.2. The zero-order valence-electron chi connectivity index (χ0n) is 12.8. The van der Waals surface area contributed by atoms with Crippen LogP contribution in [-0.4, -0.2) is 51.8 Å². The molecule has 9 nitrogen and oxygen atoms in total. The molecule has 122 valence electrons. The van der Waals surface area contributed by atoms with Crippen molar-refractivity contribution in [1.29, 1.82) is 0 Å². The van der Waals surface area contributed by atoms with Crippen LogP contribution in [0.4, 0.5) is 11.5 Å². The number of likely N-dealkylation sites (N-methyl/N-ethyl adjacent to an activating group) is 1. The van der Waals surface area contributed by atoms with E-state index in [2.05, 4.69) is 14.7 Å². The molecule has 0 aliphatic heterocycles. The Labute approximate surface area is 132 Å². The van der Waals surface area contributed by atoms with Crippen LogP contribution in [0.15, 0.2) is 0 Å². The second kappa shape index (κ2) is 6.41. The molecule has 0 spiro atoms. The van der Waals surface area contributed by atoms with Gasteiger partial charge in [-0.3, -0.25) is 10.1 Å². The lowest BCUT2D eigenvalue weighted by molar-refractivity contribution is -0.385. The van der Waals surface area contributed by atoms with Gasteiger partial charge in [0.25, 0.3) is 0 Å². The molecule has 1 aromatic rings. The first-order chi connectivity index (χ1) is 10.0. The maximum absolute atomic E-state index is 12.0. The average Bonchev–Trinajstić information content (AvgIpc) is 2.35. The summed E-state index contributed by atoms with van der Waals surface area (Å²) in [6.07, 6.45) is 0. The van der Waals surface area contributed by atoms with Gasteiger partial charge in [-0.1, -0.05) is 0 Å². The van der Waals surface area contributed by atoms with E-state index in [-0.39, 0.29) is 16.8 Å². The minimum absolute atomic E-state index is 0.0474.